The van der Waals surface area contributed by atoms with Gasteiger partial charge in [-0.05, 0) is 44.5 Å². The summed E-state index contributed by atoms with van der Waals surface area (Å²) in [6.45, 7) is 6.40. The van der Waals surface area contributed by atoms with Gasteiger partial charge < -0.3 is 15.7 Å². The number of anilines is 1. The van der Waals surface area contributed by atoms with Crippen LogP contribution in [0.25, 0.3) is 0 Å². The van der Waals surface area contributed by atoms with Crippen LogP contribution in [-0.2, 0) is 0 Å². The average Bonchev–Trinajstić information content (AvgIpc) is 2.79. The number of aryl methyl sites for hydroxylation is 1. The molecule has 112 valence electrons. The lowest BCUT2D eigenvalue weighted by Crippen LogP contribution is -2.32. The quantitative estimate of drug-likeness (QED) is 0.907. The van der Waals surface area contributed by atoms with Gasteiger partial charge in [0.15, 0.2) is 0 Å². The third-order valence-electron chi connectivity index (χ3n) is 3.59. The first-order chi connectivity index (χ1) is 9.93. The Bertz CT molecular complexity index is 632. The van der Waals surface area contributed by atoms with E-state index < -0.39 is 0 Å². The van der Waals surface area contributed by atoms with E-state index in [4.69, 9.17) is 5.73 Å². The SMILES string of the molecule is CCN(C(=O)c1cc(N)c(C)s1)C(C)c1cccc(O)c1. The van der Waals surface area contributed by atoms with E-state index in [9.17, 15) is 9.90 Å². The molecule has 1 heterocycles. The van der Waals surface area contributed by atoms with E-state index in [0.29, 0.717) is 17.1 Å². The molecule has 0 fully saturated rings. The van der Waals surface area contributed by atoms with Crippen LogP contribution in [0, 0.1) is 6.92 Å². The molecule has 5 heteroatoms. The zero-order valence-corrected chi connectivity index (χ0v) is 13.3. The van der Waals surface area contributed by atoms with E-state index in [2.05, 4.69) is 0 Å². The van der Waals surface area contributed by atoms with Crippen molar-refractivity contribution >= 4 is 22.9 Å². The second-order valence-electron chi connectivity index (χ2n) is 4.98. The van der Waals surface area contributed by atoms with Crippen molar-refractivity contribution < 1.29 is 9.90 Å². The number of aromatic hydroxyl groups is 1. The van der Waals surface area contributed by atoms with Gasteiger partial charge in [0.05, 0.1) is 10.9 Å². The van der Waals surface area contributed by atoms with E-state index >= 15 is 0 Å². The fourth-order valence-corrected chi connectivity index (χ4v) is 3.20. The number of phenolic OH excluding ortho intramolecular Hbond substituents is 1. The number of carbonyl (C=O) groups is 1. The maximum absolute atomic E-state index is 12.7. The molecule has 2 rings (SSSR count). The molecule has 0 aliphatic carbocycles. The maximum atomic E-state index is 12.7. The summed E-state index contributed by atoms with van der Waals surface area (Å²) in [6.07, 6.45) is 0. The number of amides is 1. The Morgan fingerprint density at radius 3 is 2.67 bits per heavy atom. The number of benzene rings is 1. The van der Waals surface area contributed by atoms with Crippen LogP contribution in [0.1, 0.15) is 40.0 Å². The Kier molecular flexibility index (Phi) is 4.53. The molecule has 1 aromatic carbocycles. The third-order valence-corrected chi connectivity index (χ3v) is 4.64. The molecule has 0 bridgehead atoms. The molecule has 21 heavy (non-hydrogen) atoms. The van der Waals surface area contributed by atoms with Gasteiger partial charge in [-0.1, -0.05) is 12.1 Å². The van der Waals surface area contributed by atoms with Crippen LogP contribution in [-0.4, -0.2) is 22.5 Å². The minimum atomic E-state index is -0.113. The first kappa shape index (κ1) is 15.4. The van der Waals surface area contributed by atoms with Gasteiger partial charge in [-0.2, -0.15) is 0 Å². The summed E-state index contributed by atoms with van der Waals surface area (Å²) in [4.78, 5) is 16.0. The highest BCUT2D eigenvalue weighted by Crippen LogP contribution is 2.29. The number of hydrogen-bond acceptors (Lipinski definition) is 4. The Labute approximate surface area is 128 Å². The van der Waals surface area contributed by atoms with Crippen molar-refractivity contribution in [1.29, 1.82) is 0 Å². The second kappa shape index (κ2) is 6.18. The van der Waals surface area contributed by atoms with Crippen LogP contribution in [0.15, 0.2) is 30.3 Å². The van der Waals surface area contributed by atoms with Gasteiger partial charge >= 0.3 is 0 Å². The maximum Gasteiger partial charge on any atom is 0.264 e. The molecule has 1 amide bonds. The van der Waals surface area contributed by atoms with Crippen LogP contribution in [0.4, 0.5) is 5.69 Å². The summed E-state index contributed by atoms with van der Waals surface area (Å²) in [5, 5.41) is 9.59. The summed E-state index contributed by atoms with van der Waals surface area (Å²) in [7, 11) is 0. The molecule has 0 saturated carbocycles. The van der Waals surface area contributed by atoms with Crippen molar-refractivity contribution in [2.24, 2.45) is 0 Å². The predicted octanol–water partition coefficient (Wildman–Crippen LogP) is 3.57. The highest BCUT2D eigenvalue weighted by Gasteiger charge is 2.23. The highest BCUT2D eigenvalue weighted by atomic mass is 32.1. The monoisotopic (exact) mass is 304 g/mol. The van der Waals surface area contributed by atoms with E-state index in [-0.39, 0.29) is 17.7 Å². The third kappa shape index (κ3) is 3.19. The molecular weight excluding hydrogens is 284 g/mol. The molecule has 0 spiro atoms. The number of nitrogens with zero attached hydrogens (tertiary/aromatic N) is 1. The van der Waals surface area contributed by atoms with Crippen molar-refractivity contribution in [3.05, 3.63) is 45.6 Å². The van der Waals surface area contributed by atoms with Crippen LogP contribution >= 0.6 is 11.3 Å². The van der Waals surface area contributed by atoms with Gasteiger partial charge in [-0.15, -0.1) is 11.3 Å². The number of hydrogen-bond donors (Lipinski definition) is 2. The smallest absolute Gasteiger partial charge is 0.264 e. The number of carbonyl (C=O) groups excluding carboxylic acids is 1. The topological polar surface area (TPSA) is 66.6 Å². The minimum Gasteiger partial charge on any atom is -0.508 e. The van der Waals surface area contributed by atoms with Gasteiger partial charge in [0.25, 0.3) is 5.91 Å². The molecule has 0 aliphatic rings. The highest BCUT2D eigenvalue weighted by molar-refractivity contribution is 7.14. The van der Waals surface area contributed by atoms with Crippen molar-refractivity contribution in [3.8, 4) is 5.75 Å². The summed E-state index contributed by atoms with van der Waals surface area (Å²) >= 11 is 1.42. The molecular formula is C16H20N2O2S. The van der Waals surface area contributed by atoms with Gasteiger partial charge in [0.2, 0.25) is 0 Å². The summed E-state index contributed by atoms with van der Waals surface area (Å²) in [5.41, 5.74) is 7.40. The van der Waals surface area contributed by atoms with Crippen LogP contribution in [0.3, 0.4) is 0 Å². The lowest BCUT2D eigenvalue weighted by molar-refractivity contribution is 0.0707. The average molecular weight is 304 g/mol. The van der Waals surface area contributed by atoms with Crippen LogP contribution in [0.5, 0.6) is 5.75 Å². The lowest BCUT2D eigenvalue weighted by Gasteiger charge is -2.28. The van der Waals surface area contributed by atoms with Gasteiger partial charge in [-0.25, -0.2) is 0 Å². The number of rotatable bonds is 4. The molecule has 2 aromatic rings. The summed E-state index contributed by atoms with van der Waals surface area (Å²) in [5.74, 6) is 0.178. The van der Waals surface area contributed by atoms with Crippen LogP contribution < -0.4 is 5.73 Å². The number of thiophene rings is 1. The zero-order valence-electron chi connectivity index (χ0n) is 12.5. The molecule has 1 atom stereocenters. The largest absolute Gasteiger partial charge is 0.508 e. The number of nitrogens with two attached hydrogens (primary N) is 1. The Morgan fingerprint density at radius 1 is 1.43 bits per heavy atom. The van der Waals surface area contributed by atoms with Gasteiger partial charge in [0.1, 0.15) is 5.75 Å². The van der Waals surface area contributed by atoms with E-state index in [1.807, 2.05) is 26.8 Å². The second-order valence-corrected chi connectivity index (χ2v) is 6.24. The van der Waals surface area contributed by atoms with Crippen molar-refractivity contribution in [1.82, 2.24) is 4.90 Å². The van der Waals surface area contributed by atoms with Gasteiger partial charge in [-0.3, -0.25) is 4.79 Å². The Balaban J connectivity index is 2.28. The Morgan fingerprint density at radius 2 is 2.14 bits per heavy atom. The first-order valence-electron chi connectivity index (χ1n) is 6.89. The number of nitrogen functional groups attached to an aromatic ring is 1. The molecule has 1 aromatic heterocycles. The minimum absolute atomic E-state index is 0.0295. The Hall–Kier alpha value is -2.01. The van der Waals surface area contributed by atoms with E-state index in [0.717, 1.165) is 10.4 Å². The van der Waals surface area contributed by atoms with E-state index in [1.54, 1.807) is 29.2 Å². The number of phenols is 1. The van der Waals surface area contributed by atoms with Crippen molar-refractivity contribution in [2.75, 3.05) is 12.3 Å². The van der Waals surface area contributed by atoms with Crippen molar-refractivity contribution in [2.45, 2.75) is 26.8 Å². The van der Waals surface area contributed by atoms with E-state index in [1.165, 1.54) is 11.3 Å². The standard InChI is InChI=1S/C16H20N2O2S/c1-4-18(10(2)12-6-5-7-13(19)8-12)16(20)15-9-14(17)11(3)21-15/h5-10,19H,4,17H2,1-3H3. The molecule has 0 saturated heterocycles. The van der Waals surface area contributed by atoms with Crippen molar-refractivity contribution in [3.63, 3.8) is 0 Å². The lowest BCUT2D eigenvalue weighted by atomic mass is 10.1. The van der Waals surface area contributed by atoms with Gasteiger partial charge in [0, 0.05) is 17.1 Å². The molecule has 0 aliphatic heterocycles. The zero-order chi connectivity index (χ0) is 15.6. The predicted molar refractivity (Wildman–Crippen MR) is 86.7 cm³/mol. The normalized spacial score (nSPS) is 12.1. The fraction of sp³-hybridized carbons (Fsp3) is 0.312. The molecule has 1 unspecified atom stereocenters. The van der Waals surface area contributed by atoms with Crippen LogP contribution in [0.2, 0.25) is 0 Å². The molecule has 3 N–H and O–H groups in total. The molecule has 4 nitrogen and oxygen atoms in total. The fourth-order valence-electron chi connectivity index (χ4n) is 2.30. The summed E-state index contributed by atoms with van der Waals surface area (Å²) < 4.78 is 0. The summed E-state index contributed by atoms with van der Waals surface area (Å²) in [6, 6.07) is 8.63. The first-order valence-corrected chi connectivity index (χ1v) is 7.71. The molecule has 0 radical (unpaired) electrons.